The summed E-state index contributed by atoms with van der Waals surface area (Å²) in [7, 11) is 0. The fourth-order valence-corrected chi connectivity index (χ4v) is 5.72. The van der Waals surface area contributed by atoms with Gasteiger partial charge in [-0.15, -0.1) is 0 Å². The highest BCUT2D eigenvalue weighted by Crippen LogP contribution is 2.14. The molecule has 0 fully saturated rings. The van der Waals surface area contributed by atoms with Gasteiger partial charge in [-0.25, -0.2) is 0 Å². The Morgan fingerprint density at radius 3 is 1.18 bits per heavy atom. The van der Waals surface area contributed by atoms with Crippen molar-refractivity contribution >= 4 is 17.9 Å². The minimum Gasteiger partial charge on any atom is -0.462 e. The first-order valence-electron chi connectivity index (χ1n) is 20.8. The first-order chi connectivity index (χ1) is 24.0. The minimum atomic E-state index is -0.776. The third-order valence-corrected chi connectivity index (χ3v) is 8.93. The SMILES string of the molecule is CCCC/C=C\CCCCCCCC(=O)OCC(COC(=O)CCC/C=C\CCCCCC)OC(=O)CCCCCCCCCCCCC. The highest BCUT2D eigenvalue weighted by molar-refractivity contribution is 5.71. The number of carbonyl (C=O) groups is 3. The molecule has 0 aromatic carbocycles. The molecule has 0 spiro atoms. The van der Waals surface area contributed by atoms with Crippen molar-refractivity contribution in [2.75, 3.05) is 13.2 Å². The van der Waals surface area contributed by atoms with E-state index in [-0.39, 0.29) is 31.1 Å². The van der Waals surface area contributed by atoms with Crippen LogP contribution in [0.25, 0.3) is 0 Å². The summed E-state index contributed by atoms with van der Waals surface area (Å²) in [5, 5.41) is 0. The molecule has 0 rings (SSSR count). The van der Waals surface area contributed by atoms with Gasteiger partial charge in [0, 0.05) is 19.3 Å². The standard InChI is InChI=1S/C43H78O6/c1-4-7-10-13-16-19-21-24-27-30-33-36-42(45)48-39-40(38-47-41(44)35-32-29-26-23-18-15-12-9-6-3)49-43(46)37-34-31-28-25-22-20-17-14-11-8-5-2/h13,16,23,26,40H,4-12,14-15,17-22,24-25,27-39H2,1-3H3/b16-13-,26-23-. The Labute approximate surface area is 303 Å². The van der Waals surface area contributed by atoms with Crippen LogP contribution in [0.2, 0.25) is 0 Å². The second kappa shape index (κ2) is 38.7. The van der Waals surface area contributed by atoms with Crippen LogP contribution in [0.4, 0.5) is 0 Å². The maximum absolute atomic E-state index is 12.6. The van der Waals surface area contributed by atoms with E-state index in [0.29, 0.717) is 19.3 Å². The maximum Gasteiger partial charge on any atom is 0.306 e. The van der Waals surface area contributed by atoms with Gasteiger partial charge in [-0.2, -0.15) is 0 Å². The summed E-state index contributed by atoms with van der Waals surface area (Å²) in [4.78, 5) is 37.5. The fourth-order valence-electron chi connectivity index (χ4n) is 5.72. The van der Waals surface area contributed by atoms with Crippen molar-refractivity contribution in [3.8, 4) is 0 Å². The van der Waals surface area contributed by atoms with Crippen LogP contribution in [0.5, 0.6) is 0 Å². The lowest BCUT2D eigenvalue weighted by Gasteiger charge is -2.18. The van der Waals surface area contributed by atoms with E-state index in [1.165, 1.54) is 109 Å². The molecule has 6 heteroatoms. The van der Waals surface area contributed by atoms with Crippen molar-refractivity contribution in [2.45, 2.75) is 219 Å². The average molecular weight is 691 g/mol. The number of carbonyl (C=O) groups excluding carboxylic acids is 3. The van der Waals surface area contributed by atoms with Crippen LogP contribution in [0, 0.1) is 0 Å². The molecule has 0 aliphatic carbocycles. The van der Waals surface area contributed by atoms with Crippen LogP contribution in [0.1, 0.15) is 213 Å². The second-order valence-corrected chi connectivity index (χ2v) is 13.9. The Kier molecular flexibility index (Phi) is 37.0. The van der Waals surface area contributed by atoms with Gasteiger partial charge in [-0.1, -0.05) is 161 Å². The van der Waals surface area contributed by atoms with Crippen molar-refractivity contribution in [1.82, 2.24) is 0 Å². The summed E-state index contributed by atoms with van der Waals surface area (Å²) in [6, 6.07) is 0. The number of allylic oxidation sites excluding steroid dienone is 4. The number of hydrogen-bond acceptors (Lipinski definition) is 6. The maximum atomic E-state index is 12.6. The van der Waals surface area contributed by atoms with Gasteiger partial charge in [0.05, 0.1) is 0 Å². The summed E-state index contributed by atoms with van der Waals surface area (Å²) in [6.07, 6.45) is 40.2. The quantitative estimate of drug-likeness (QED) is 0.0279. The molecule has 0 radical (unpaired) electrons. The zero-order valence-corrected chi connectivity index (χ0v) is 32.5. The van der Waals surface area contributed by atoms with Crippen molar-refractivity contribution in [1.29, 1.82) is 0 Å². The summed E-state index contributed by atoms with van der Waals surface area (Å²) < 4.78 is 16.6. The fraction of sp³-hybridized carbons (Fsp3) is 0.837. The molecule has 0 aromatic rings. The molecular weight excluding hydrogens is 612 g/mol. The average Bonchev–Trinajstić information content (AvgIpc) is 3.10. The van der Waals surface area contributed by atoms with Crippen LogP contribution < -0.4 is 0 Å². The molecular formula is C43H78O6. The lowest BCUT2D eigenvalue weighted by Crippen LogP contribution is -2.30. The molecule has 0 bridgehead atoms. The molecule has 1 unspecified atom stereocenters. The van der Waals surface area contributed by atoms with Gasteiger partial charge < -0.3 is 14.2 Å². The van der Waals surface area contributed by atoms with Crippen LogP contribution in [0.15, 0.2) is 24.3 Å². The third-order valence-electron chi connectivity index (χ3n) is 8.93. The minimum absolute atomic E-state index is 0.0821. The Hall–Kier alpha value is -2.11. The first kappa shape index (κ1) is 46.9. The van der Waals surface area contributed by atoms with E-state index in [4.69, 9.17) is 14.2 Å². The smallest absolute Gasteiger partial charge is 0.306 e. The molecule has 0 aromatic heterocycles. The molecule has 0 aliphatic heterocycles. The van der Waals surface area contributed by atoms with E-state index in [1.54, 1.807) is 0 Å². The zero-order valence-electron chi connectivity index (χ0n) is 32.5. The van der Waals surface area contributed by atoms with Crippen molar-refractivity contribution in [2.24, 2.45) is 0 Å². The van der Waals surface area contributed by atoms with E-state index < -0.39 is 6.10 Å². The molecule has 0 heterocycles. The molecule has 1 atom stereocenters. The monoisotopic (exact) mass is 691 g/mol. The molecule has 0 aliphatic rings. The van der Waals surface area contributed by atoms with E-state index in [1.807, 2.05) is 0 Å². The van der Waals surface area contributed by atoms with E-state index in [9.17, 15) is 14.4 Å². The van der Waals surface area contributed by atoms with E-state index in [2.05, 4.69) is 45.1 Å². The van der Waals surface area contributed by atoms with Crippen molar-refractivity contribution in [3.05, 3.63) is 24.3 Å². The lowest BCUT2D eigenvalue weighted by atomic mass is 10.1. The van der Waals surface area contributed by atoms with Crippen LogP contribution in [-0.2, 0) is 28.6 Å². The number of hydrogen-bond donors (Lipinski definition) is 0. The highest BCUT2D eigenvalue weighted by Gasteiger charge is 2.19. The Morgan fingerprint density at radius 2 is 0.714 bits per heavy atom. The molecule has 0 amide bonds. The van der Waals surface area contributed by atoms with Gasteiger partial charge in [0.1, 0.15) is 13.2 Å². The molecule has 286 valence electrons. The zero-order chi connectivity index (χ0) is 35.9. The number of unbranched alkanes of at least 4 members (excludes halogenated alkanes) is 22. The van der Waals surface area contributed by atoms with E-state index >= 15 is 0 Å². The van der Waals surface area contributed by atoms with Gasteiger partial charge in [0.2, 0.25) is 0 Å². The van der Waals surface area contributed by atoms with Gasteiger partial charge in [-0.3, -0.25) is 14.4 Å². The van der Waals surface area contributed by atoms with Crippen molar-refractivity contribution < 1.29 is 28.6 Å². The normalized spacial score (nSPS) is 12.1. The third kappa shape index (κ3) is 37.0. The summed E-state index contributed by atoms with van der Waals surface area (Å²) in [5.41, 5.74) is 0. The molecule has 0 saturated heterocycles. The Bertz CT molecular complexity index is 804. The van der Waals surface area contributed by atoms with Gasteiger partial charge in [0.15, 0.2) is 6.10 Å². The molecule has 6 nitrogen and oxygen atoms in total. The van der Waals surface area contributed by atoms with Crippen LogP contribution in [-0.4, -0.2) is 37.2 Å². The molecule has 49 heavy (non-hydrogen) atoms. The summed E-state index contributed by atoms with van der Waals surface area (Å²) in [6.45, 7) is 6.51. The van der Waals surface area contributed by atoms with Gasteiger partial charge >= 0.3 is 17.9 Å². The van der Waals surface area contributed by atoms with Crippen LogP contribution in [0.3, 0.4) is 0 Å². The number of esters is 3. The second-order valence-electron chi connectivity index (χ2n) is 13.9. The highest BCUT2D eigenvalue weighted by atomic mass is 16.6. The summed E-state index contributed by atoms with van der Waals surface area (Å²) >= 11 is 0. The first-order valence-corrected chi connectivity index (χ1v) is 20.8. The molecule has 0 saturated carbocycles. The lowest BCUT2D eigenvalue weighted by molar-refractivity contribution is -0.167. The van der Waals surface area contributed by atoms with Crippen molar-refractivity contribution in [3.63, 3.8) is 0 Å². The number of ether oxygens (including phenoxy) is 3. The predicted octanol–water partition coefficient (Wildman–Crippen LogP) is 12.9. The Balaban J connectivity index is 4.40. The predicted molar refractivity (Wildman–Crippen MR) is 206 cm³/mol. The van der Waals surface area contributed by atoms with Gasteiger partial charge in [0.25, 0.3) is 0 Å². The Morgan fingerprint density at radius 1 is 0.388 bits per heavy atom. The largest absolute Gasteiger partial charge is 0.462 e. The molecule has 0 N–H and O–H groups in total. The van der Waals surface area contributed by atoms with Gasteiger partial charge in [-0.05, 0) is 57.8 Å². The number of rotatable bonds is 37. The van der Waals surface area contributed by atoms with E-state index in [0.717, 1.165) is 64.2 Å². The summed E-state index contributed by atoms with van der Waals surface area (Å²) in [5.74, 6) is -0.930. The van der Waals surface area contributed by atoms with Crippen LogP contribution >= 0.6 is 0 Å². The topological polar surface area (TPSA) is 78.9 Å².